The summed E-state index contributed by atoms with van der Waals surface area (Å²) in [5.74, 6) is 0.504. The predicted molar refractivity (Wildman–Crippen MR) is 84.7 cm³/mol. The molecule has 1 heterocycles. The van der Waals surface area contributed by atoms with E-state index in [1.807, 2.05) is 12.1 Å². The van der Waals surface area contributed by atoms with Gasteiger partial charge in [0.15, 0.2) is 0 Å². The Labute approximate surface area is 131 Å². The van der Waals surface area contributed by atoms with E-state index in [0.29, 0.717) is 13.2 Å². The molecule has 2 aromatic rings. The van der Waals surface area contributed by atoms with Gasteiger partial charge in [-0.25, -0.2) is 4.39 Å². The zero-order valence-corrected chi connectivity index (χ0v) is 13.7. The summed E-state index contributed by atoms with van der Waals surface area (Å²) >= 11 is 5.07. The summed E-state index contributed by atoms with van der Waals surface area (Å²) in [6.07, 6.45) is 1.05. The lowest BCUT2D eigenvalue weighted by Crippen LogP contribution is -2.14. The Bertz CT molecular complexity index is 559. The first-order chi connectivity index (χ1) is 9.69. The minimum Gasteiger partial charge on any atom is -0.488 e. The topological polar surface area (TPSA) is 21.3 Å². The molecule has 1 N–H and O–H groups in total. The number of rotatable bonds is 7. The second kappa shape index (κ2) is 7.76. The van der Waals surface area contributed by atoms with E-state index in [9.17, 15) is 4.39 Å². The maximum atomic E-state index is 13.3. The fourth-order valence-electron chi connectivity index (χ4n) is 1.81. The van der Waals surface area contributed by atoms with Gasteiger partial charge in [0.2, 0.25) is 0 Å². The monoisotopic (exact) mass is 357 g/mol. The number of hydrogen-bond donors (Lipinski definition) is 1. The van der Waals surface area contributed by atoms with Crippen LogP contribution in [0.4, 0.5) is 4.39 Å². The van der Waals surface area contributed by atoms with Crippen LogP contribution in [0.25, 0.3) is 0 Å². The second-order valence-corrected chi connectivity index (χ2v) is 6.97. The Balaban J connectivity index is 2.01. The third-order valence-corrected chi connectivity index (χ3v) is 4.36. The van der Waals surface area contributed by atoms with Gasteiger partial charge < -0.3 is 10.1 Å². The van der Waals surface area contributed by atoms with Gasteiger partial charge in [-0.2, -0.15) is 0 Å². The minimum atomic E-state index is -0.232. The highest BCUT2D eigenvalue weighted by molar-refractivity contribution is 9.11. The van der Waals surface area contributed by atoms with Crippen molar-refractivity contribution in [2.45, 2.75) is 26.5 Å². The summed E-state index contributed by atoms with van der Waals surface area (Å²) in [4.78, 5) is 1.13. The number of ether oxygens (including phenoxy) is 1. The van der Waals surface area contributed by atoms with Crippen LogP contribution in [0.5, 0.6) is 5.75 Å². The van der Waals surface area contributed by atoms with E-state index < -0.39 is 0 Å². The molecule has 0 fully saturated rings. The predicted octanol–water partition coefficient (Wildman–Crippen LogP) is 4.73. The lowest BCUT2D eigenvalue weighted by atomic mass is 10.2. The van der Waals surface area contributed by atoms with Crippen LogP contribution in [0.2, 0.25) is 0 Å². The molecule has 108 valence electrons. The van der Waals surface area contributed by atoms with Crippen LogP contribution in [-0.2, 0) is 13.2 Å². The third-order valence-electron chi connectivity index (χ3n) is 2.76. The molecule has 0 aliphatic carbocycles. The van der Waals surface area contributed by atoms with Crippen molar-refractivity contribution in [2.24, 2.45) is 0 Å². The van der Waals surface area contributed by atoms with Crippen molar-refractivity contribution in [3.63, 3.8) is 0 Å². The van der Waals surface area contributed by atoms with Crippen molar-refractivity contribution in [2.75, 3.05) is 6.54 Å². The molecule has 0 aliphatic heterocycles. The average Bonchev–Trinajstić information content (AvgIpc) is 2.84. The van der Waals surface area contributed by atoms with Crippen molar-refractivity contribution in [1.82, 2.24) is 5.32 Å². The first-order valence-corrected chi connectivity index (χ1v) is 8.16. The molecular weight excluding hydrogens is 341 g/mol. The van der Waals surface area contributed by atoms with Gasteiger partial charge in [0, 0.05) is 17.0 Å². The SMILES string of the molecule is CCCNCc1cc(F)ccc1OCc1ccc(Br)s1. The largest absolute Gasteiger partial charge is 0.488 e. The molecule has 0 radical (unpaired) electrons. The van der Waals surface area contributed by atoms with Gasteiger partial charge in [-0.05, 0) is 59.2 Å². The van der Waals surface area contributed by atoms with Crippen LogP contribution < -0.4 is 10.1 Å². The zero-order valence-electron chi connectivity index (χ0n) is 11.3. The molecule has 2 rings (SSSR count). The number of hydrogen-bond acceptors (Lipinski definition) is 3. The van der Waals surface area contributed by atoms with Crippen LogP contribution in [0.1, 0.15) is 23.8 Å². The Kier molecular flexibility index (Phi) is 6.01. The molecule has 0 atom stereocenters. The highest BCUT2D eigenvalue weighted by Crippen LogP contribution is 2.25. The molecule has 1 aromatic carbocycles. The lowest BCUT2D eigenvalue weighted by Gasteiger charge is -2.11. The van der Waals surface area contributed by atoms with Crippen LogP contribution in [-0.4, -0.2) is 6.54 Å². The molecule has 1 aromatic heterocycles. The quantitative estimate of drug-likeness (QED) is 0.723. The van der Waals surface area contributed by atoms with Crippen LogP contribution in [0, 0.1) is 5.82 Å². The van der Waals surface area contributed by atoms with Crippen LogP contribution >= 0.6 is 27.3 Å². The molecular formula is C15H17BrFNOS. The number of benzene rings is 1. The lowest BCUT2D eigenvalue weighted by molar-refractivity contribution is 0.305. The molecule has 20 heavy (non-hydrogen) atoms. The summed E-state index contributed by atoms with van der Waals surface area (Å²) in [6, 6.07) is 8.68. The molecule has 0 aliphatic rings. The standard InChI is InChI=1S/C15H17BrFNOS/c1-2-7-18-9-11-8-12(17)3-5-14(11)19-10-13-4-6-15(16)20-13/h3-6,8,18H,2,7,9-10H2,1H3. The van der Waals surface area contributed by atoms with E-state index in [1.54, 1.807) is 17.4 Å². The average molecular weight is 358 g/mol. The summed E-state index contributed by atoms with van der Waals surface area (Å²) < 4.78 is 20.2. The Morgan fingerprint density at radius 1 is 1.30 bits per heavy atom. The number of nitrogens with one attached hydrogen (secondary N) is 1. The van der Waals surface area contributed by atoms with E-state index in [2.05, 4.69) is 28.2 Å². The number of halogens is 2. The summed E-state index contributed by atoms with van der Waals surface area (Å²) in [5.41, 5.74) is 0.856. The Morgan fingerprint density at radius 2 is 2.15 bits per heavy atom. The van der Waals surface area contributed by atoms with Crippen LogP contribution in [0.3, 0.4) is 0 Å². The first kappa shape index (κ1) is 15.5. The smallest absolute Gasteiger partial charge is 0.124 e. The molecule has 0 saturated carbocycles. The van der Waals surface area contributed by atoms with E-state index in [-0.39, 0.29) is 5.82 Å². The van der Waals surface area contributed by atoms with E-state index in [0.717, 1.165) is 32.9 Å². The number of thiophene rings is 1. The third kappa shape index (κ3) is 4.58. The molecule has 0 saturated heterocycles. The summed E-state index contributed by atoms with van der Waals surface area (Å²) in [6.45, 7) is 4.14. The molecule has 0 amide bonds. The molecule has 0 unspecified atom stereocenters. The van der Waals surface area contributed by atoms with E-state index in [4.69, 9.17) is 4.74 Å². The van der Waals surface area contributed by atoms with Crippen molar-refractivity contribution < 1.29 is 9.13 Å². The van der Waals surface area contributed by atoms with Gasteiger partial charge in [-0.15, -0.1) is 11.3 Å². The Hall–Kier alpha value is -0.910. The molecule has 5 heteroatoms. The van der Waals surface area contributed by atoms with Gasteiger partial charge in [0.05, 0.1) is 3.79 Å². The van der Waals surface area contributed by atoms with Crippen LogP contribution in [0.15, 0.2) is 34.1 Å². The summed E-state index contributed by atoms with van der Waals surface area (Å²) in [7, 11) is 0. The van der Waals surface area contributed by atoms with Crippen molar-refractivity contribution >= 4 is 27.3 Å². The molecule has 0 spiro atoms. The molecule has 0 bridgehead atoms. The molecule has 2 nitrogen and oxygen atoms in total. The highest BCUT2D eigenvalue weighted by atomic mass is 79.9. The van der Waals surface area contributed by atoms with E-state index >= 15 is 0 Å². The fraction of sp³-hybridized carbons (Fsp3) is 0.333. The van der Waals surface area contributed by atoms with E-state index in [1.165, 1.54) is 12.1 Å². The maximum Gasteiger partial charge on any atom is 0.124 e. The Morgan fingerprint density at radius 3 is 2.85 bits per heavy atom. The first-order valence-electron chi connectivity index (χ1n) is 6.55. The normalized spacial score (nSPS) is 10.8. The fourth-order valence-corrected chi connectivity index (χ4v) is 3.20. The van der Waals surface area contributed by atoms with Gasteiger partial charge >= 0.3 is 0 Å². The zero-order chi connectivity index (χ0) is 14.4. The van der Waals surface area contributed by atoms with Crippen molar-refractivity contribution in [1.29, 1.82) is 0 Å². The second-order valence-electron chi connectivity index (χ2n) is 4.42. The van der Waals surface area contributed by atoms with Crippen molar-refractivity contribution in [3.8, 4) is 5.75 Å². The van der Waals surface area contributed by atoms with Gasteiger partial charge in [0.1, 0.15) is 18.2 Å². The summed E-state index contributed by atoms with van der Waals surface area (Å²) in [5, 5.41) is 3.27. The minimum absolute atomic E-state index is 0.232. The van der Waals surface area contributed by atoms with Gasteiger partial charge in [-0.1, -0.05) is 6.92 Å². The van der Waals surface area contributed by atoms with Gasteiger partial charge in [-0.3, -0.25) is 0 Å². The van der Waals surface area contributed by atoms with Crippen molar-refractivity contribution in [3.05, 3.63) is 50.4 Å². The maximum absolute atomic E-state index is 13.3. The van der Waals surface area contributed by atoms with Gasteiger partial charge in [0.25, 0.3) is 0 Å². The highest BCUT2D eigenvalue weighted by Gasteiger charge is 2.06.